The van der Waals surface area contributed by atoms with Gasteiger partial charge in [0.1, 0.15) is 0 Å². The van der Waals surface area contributed by atoms with Crippen LogP contribution in [-0.4, -0.2) is 23.9 Å². The molecular formula is C21H24N2O. The molecule has 2 N–H and O–H groups in total. The van der Waals surface area contributed by atoms with Crippen LogP contribution >= 0.6 is 0 Å². The van der Waals surface area contributed by atoms with Gasteiger partial charge in [-0.25, -0.2) is 0 Å². The third-order valence-corrected chi connectivity index (χ3v) is 5.55. The van der Waals surface area contributed by atoms with Gasteiger partial charge in [-0.2, -0.15) is 0 Å². The molecule has 2 atom stereocenters. The molecule has 4 rings (SSSR count). The number of amides is 1. The van der Waals surface area contributed by atoms with Crippen molar-refractivity contribution in [3.63, 3.8) is 0 Å². The molecule has 0 radical (unpaired) electrons. The maximum absolute atomic E-state index is 13.1. The molecule has 0 saturated carbocycles. The van der Waals surface area contributed by atoms with Crippen LogP contribution in [0.3, 0.4) is 0 Å². The molecule has 0 bridgehead atoms. The zero-order valence-electron chi connectivity index (χ0n) is 13.9. The number of anilines is 1. The van der Waals surface area contributed by atoms with E-state index in [1.54, 1.807) is 0 Å². The largest absolute Gasteiger partial charge is 0.399 e. The molecule has 2 unspecified atom stereocenters. The standard InChI is InChI=1S/C21H24N2O/c22-18-9-10-19-16(13-18)7-4-8-20(19)21(24)23-12-11-17(14-23)15-5-2-1-3-6-15/h1-3,5-6,9-10,13,17,20H,4,7-8,11-12,14,22H2. The van der Waals surface area contributed by atoms with Crippen molar-refractivity contribution in [2.45, 2.75) is 37.5 Å². The van der Waals surface area contributed by atoms with Crippen LogP contribution in [-0.2, 0) is 11.2 Å². The van der Waals surface area contributed by atoms with Crippen molar-refractivity contribution in [3.05, 3.63) is 65.2 Å². The zero-order chi connectivity index (χ0) is 16.5. The summed E-state index contributed by atoms with van der Waals surface area (Å²) in [5, 5.41) is 0. The minimum absolute atomic E-state index is 0.0175. The van der Waals surface area contributed by atoms with Crippen molar-refractivity contribution in [1.29, 1.82) is 0 Å². The number of nitrogens with zero attached hydrogens (tertiary/aromatic N) is 1. The lowest BCUT2D eigenvalue weighted by Crippen LogP contribution is -2.34. The van der Waals surface area contributed by atoms with Gasteiger partial charge in [0, 0.05) is 24.7 Å². The summed E-state index contributed by atoms with van der Waals surface area (Å²) < 4.78 is 0. The first-order valence-electron chi connectivity index (χ1n) is 8.94. The fourth-order valence-electron chi connectivity index (χ4n) is 4.27. The Morgan fingerprint density at radius 3 is 2.75 bits per heavy atom. The number of carbonyl (C=O) groups excluding carboxylic acids is 1. The highest BCUT2D eigenvalue weighted by atomic mass is 16.2. The molecule has 1 saturated heterocycles. The van der Waals surface area contributed by atoms with E-state index in [1.165, 1.54) is 16.7 Å². The van der Waals surface area contributed by atoms with Crippen LogP contribution in [0.1, 0.15) is 47.8 Å². The maximum atomic E-state index is 13.1. The van der Waals surface area contributed by atoms with Crippen LogP contribution in [0.2, 0.25) is 0 Å². The van der Waals surface area contributed by atoms with Gasteiger partial charge in [0.25, 0.3) is 0 Å². The second-order valence-electron chi connectivity index (χ2n) is 7.08. The first-order chi connectivity index (χ1) is 11.7. The smallest absolute Gasteiger partial charge is 0.230 e. The summed E-state index contributed by atoms with van der Waals surface area (Å²) in [6, 6.07) is 16.6. The van der Waals surface area contributed by atoms with Crippen LogP contribution in [0.25, 0.3) is 0 Å². The summed E-state index contributed by atoms with van der Waals surface area (Å²) in [5.74, 6) is 0.799. The predicted molar refractivity (Wildman–Crippen MR) is 96.9 cm³/mol. The first-order valence-corrected chi connectivity index (χ1v) is 8.94. The monoisotopic (exact) mass is 320 g/mol. The normalized spacial score (nSPS) is 23.1. The van der Waals surface area contributed by atoms with E-state index in [4.69, 9.17) is 5.73 Å². The maximum Gasteiger partial charge on any atom is 0.230 e. The van der Waals surface area contributed by atoms with E-state index in [-0.39, 0.29) is 5.92 Å². The first kappa shape index (κ1) is 15.3. The number of hydrogen-bond acceptors (Lipinski definition) is 2. The van der Waals surface area contributed by atoms with Gasteiger partial charge in [0.15, 0.2) is 0 Å². The van der Waals surface area contributed by atoms with Crippen molar-refractivity contribution in [1.82, 2.24) is 4.90 Å². The van der Waals surface area contributed by atoms with Crippen molar-refractivity contribution in [2.24, 2.45) is 0 Å². The fourth-order valence-corrected chi connectivity index (χ4v) is 4.27. The topological polar surface area (TPSA) is 46.3 Å². The van der Waals surface area contributed by atoms with Gasteiger partial charge < -0.3 is 10.6 Å². The number of rotatable bonds is 2. The number of nitrogens with two attached hydrogens (primary N) is 1. The molecule has 1 aliphatic heterocycles. The van der Waals surface area contributed by atoms with E-state index in [1.807, 2.05) is 18.2 Å². The lowest BCUT2D eigenvalue weighted by Gasteiger charge is -2.29. The summed E-state index contributed by atoms with van der Waals surface area (Å²) in [4.78, 5) is 15.2. The molecule has 24 heavy (non-hydrogen) atoms. The van der Waals surface area contributed by atoms with Crippen LogP contribution in [0.15, 0.2) is 48.5 Å². The van der Waals surface area contributed by atoms with E-state index in [2.05, 4.69) is 35.2 Å². The number of nitrogen functional groups attached to an aromatic ring is 1. The van der Waals surface area contributed by atoms with E-state index >= 15 is 0 Å². The lowest BCUT2D eigenvalue weighted by atomic mass is 9.82. The Morgan fingerprint density at radius 1 is 1.08 bits per heavy atom. The average molecular weight is 320 g/mol. The van der Waals surface area contributed by atoms with Gasteiger partial charge >= 0.3 is 0 Å². The number of aryl methyl sites for hydroxylation is 1. The van der Waals surface area contributed by atoms with Gasteiger partial charge in [0.2, 0.25) is 5.91 Å². The Hall–Kier alpha value is -2.29. The van der Waals surface area contributed by atoms with Crippen molar-refractivity contribution in [2.75, 3.05) is 18.8 Å². The van der Waals surface area contributed by atoms with E-state index < -0.39 is 0 Å². The van der Waals surface area contributed by atoms with Gasteiger partial charge in [-0.1, -0.05) is 36.4 Å². The third kappa shape index (κ3) is 2.79. The molecule has 1 aliphatic carbocycles. The third-order valence-electron chi connectivity index (χ3n) is 5.55. The van der Waals surface area contributed by atoms with Crippen molar-refractivity contribution >= 4 is 11.6 Å². The molecule has 124 valence electrons. The number of likely N-dealkylation sites (tertiary alicyclic amines) is 1. The van der Waals surface area contributed by atoms with E-state index in [0.29, 0.717) is 11.8 Å². The molecule has 2 aromatic rings. The Labute approximate surface area is 143 Å². The quantitative estimate of drug-likeness (QED) is 0.858. The summed E-state index contributed by atoms with van der Waals surface area (Å²) in [6.45, 7) is 1.73. The molecule has 1 fully saturated rings. The van der Waals surface area contributed by atoms with Gasteiger partial charge in [-0.05, 0) is 54.5 Å². The molecule has 3 nitrogen and oxygen atoms in total. The Balaban J connectivity index is 1.52. The highest BCUT2D eigenvalue weighted by molar-refractivity contribution is 5.85. The van der Waals surface area contributed by atoms with E-state index in [9.17, 15) is 4.79 Å². The van der Waals surface area contributed by atoms with Gasteiger partial charge in [-0.15, -0.1) is 0 Å². The van der Waals surface area contributed by atoms with E-state index in [0.717, 1.165) is 44.5 Å². The summed E-state index contributed by atoms with van der Waals surface area (Å²) >= 11 is 0. The van der Waals surface area contributed by atoms with Crippen LogP contribution < -0.4 is 5.73 Å². The molecule has 3 heteroatoms. The Bertz CT molecular complexity index is 741. The molecule has 1 amide bonds. The van der Waals surface area contributed by atoms with Crippen molar-refractivity contribution < 1.29 is 4.79 Å². The second-order valence-corrected chi connectivity index (χ2v) is 7.08. The molecule has 1 heterocycles. The minimum atomic E-state index is 0.0175. The van der Waals surface area contributed by atoms with Crippen LogP contribution in [0.4, 0.5) is 5.69 Å². The molecular weight excluding hydrogens is 296 g/mol. The Kier molecular flexibility index (Phi) is 4.01. The highest BCUT2D eigenvalue weighted by Crippen LogP contribution is 2.36. The van der Waals surface area contributed by atoms with Gasteiger partial charge in [0.05, 0.1) is 5.92 Å². The number of hydrogen-bond donors (Lipinski definition) is 1. The summed E-state index contributed by atoms with van der Waals surface area (Å²) in [5.41, 5.74) is 10.5. The molecule has 2 aliphatic rings. The number of carbonyl (C=O) groups is 1. The summed E-state index contributed by atoms with van der Waals surface area (Å²) in [7, 11) is 0. The fraction of sp³-hybridized carbons (Fsp3) is 0.381. The van der Waals surface area contributed by atoms with Crippen LogP contribution in [0.5, 0.6) is 0 Å². The molecule has 0 spiro atoms. The predicted octanol–water partition coefficient (Wildman–Crippen LogP) is 3.70. The SMILES string of the molecule is Nc1ccc2c(c1)CCCC2C(=O)N1CCC(c2ccccc2)C1. The Morgan fingerprint density at radius 2 is 1.92 bits per heavy atom. The van der Waals surface area contributed by atoms with Crippen molar-refractivity contribution in [3.8, 4) is 0 Å². The lowest BCUT2D eigenvalue weighted by molar-refractivity contribution is -0.132. The number of benzene rings is 2. The zero-order valence-corrected chi connectivity index (χ0v) is 13.9. The minimum Gasteiger partial charge on any atom is -0.399 e. The molecule has 0 aromatic heterocycles. The average Bonchev–Trinajstić information content (AvgIpc) is 3.11. The summed E-state index contributed by atoms with van der Waals surface area (Å²) in [6.07, 6.45) is 4.14. The van der Waals surface area contributed by atoms with Gasteiger partial charge in [-0.3, -0.25) is 4.79 Å². The van der Waals surface area contributed by atoms with Crippen LogP contribution in [0, 0.1) is 0 Å². The number of fused-ring (bicyclic) bond motifs is 1. The highest BCUT2D eigenvalue weighted by Gasteiger charge is 2.34. The molecule has 2 aromatic carbocycles. The second kappa shape index (κ2) is 6.31.